The summed E-state index contributed by atoms with van der Waals surface area (Å²) >= 11 is 0. The molecule has 5 nitrogen and oxygen atoms in total. The summed E-state index contributed by atoms with van der Waals surface area (Å²) in [6.07, 6.45) is 0.688. The van der Waals surface area contributed by atoms with Gasteiger partial charge in [-0.1, -0.05) is 30.3 Å². The molecule has 1 saturated heterocycles. The molecule has 1 aromatic carbocycles. The summed E-state index contributed by atoms with van der Waals surface area (Å²) in [6.45, 7) is 5.02. The Morgan fingerprint density at radius 2 is 2.05 bits per heavy atom. The number of amidine groups is 1. The van der Waals surface area contributed by atoms with E-state index in [4.69, 9.17) is 10.5 Å². The molecular formula is C15H19N3O2. The van der Waals surface area contributed by atoms with Crippen LogP contribution in [0.3, 0.4) is 0 Å². The van der Waals surface area contributed by atoms with Gasteiger partial charge in [0.05, 0.1) is 12.2 Å². The fraction of sp³-hybridized carbons (Fsp3) is 0.467. The zero-order valence-corrected chi connectivity index (χ0v) is 11.8. The van der Waals surface area contributed by atoms with Crippen LogP contribution in [0.5, 0.6) is 0 Å². The maximum absolute atomic E-state index is 12.2. The van der Waals surface area contributed by atoms with Crippen LogP contribution in [0, 0.1) is 0 Å². The SMILES string of the molecule is CC1(C)OCCC12C(N)=NC(=O)N2Cc1ccccc1. The molecule has 0 aromatic heterocycles. The number of ether oxygens (including phenoxy) is 1. The molecule has 1 fully saturated rings. The van der Waals surface area contributed by atoms with E-state index in [1.54, 1.807) is 4.90 Å². The van der Waals surface area contributed by atoms with Crippen LogP contribution in [-0.2, 0) is 11.3 Å². The minimum atomic E-state index is -0.625. The molecule has 2 aliphatic rings. The number of hydrogen-bond acceptors (Lipinski definition) is 3. The van der Waals surface area contributed by atoms with Gasteiger partial charge in [0.15, 0.2) is 0 Å². The Bertz CT molecular complexity index is 568. The summed E-state index contributed by atoms with van der Waals surface area (Å²) in [5.74, 6) is 0.376. The quantitative estimate of drug-likeness (QED) is 0.895. The van der Waals surface area contributed by atoms with E-state index >= 15 is 0 Å². The van der Waals surface area contributed by atoms with Gasteiger partial charge in [-0.15, -0.1) is 0 Å². The highest BCUT2D eigenvalue weighted by molar-refractivity contribution is 6.06. The number of hydrogen-bond donors (Lipinski definition) is 1. The van der Waals surface area contributed by atoms with Gasteiger partial charge in [-0.3, -0.25) is 0 Å². The molecule has 106 valence electrons. The normalized spacial score (nSPS) is 28.2. The molecule has 0 aliphatic carbocycles. The van der Waals surface area contributed by atoms with E-state index in [1.165, 1.54) is 0 Å². The van der Waals surface area contributed by atoms with Gasteiger partial charge in [0, 0.05) is 13.0 Å². The fourth-order valence-corrected chi connectivity index (χ4v) is 3.30. The molecule has 1 spiro atoms. The molecule has 5 heteroatoms. The first-order valence-electron chi connectivity index (χ1n) is 6.81. The lowest BCUT2D eigenvalue weighted by Crippen LogP contribution is -2.63. The molecule has 0 bridgehead atoms. The predicted octanol–water partition coefficient (Wildman–Crippen LogP) is 1.92. The summed E-state index contributed by atoms with van der Waals surface area (Å²) in [6, 6.07) is 9.60. The van der Waals surface area contributed by atoms with Gasteiger partial charge in [-0.05, 0) is 19.4 Å². The second kappa shape index (κ2) is 4.31. The van der Waals surface area contributed by atoms with E-state index in [0.29, 0.717) is 25.4 Å². The van der Waals surface area contributed by atoms with Gasteiger partial charge in [-0.2, -0.15) is 4.99 Å². The van der Waals surface area contributed by atoms with E-state index in [2.05, 4.69) is 4.99 Å². The van der Waals surface area contributed by atoms with Gasteiger partial charge in [0.2, 0.25) is 0 Å². The van der Waals surface area contributed by atoms with Gasteiger partial charge in [-0.25, -0.2) is 4.79 Å². The molecule has 0 radical (unpaired) electrons. The predicted molar refractivity (Wildman–Crippen MR) is 76.4 cm³/mol. The van der Waals surface area contributed by atoms with E-state index in [9.17, 15) is 4.79 Å². The molecule has 2 amide bonds. The van der Waals surface area contributed by atoms with Crippen molar-refractivity contribution in [3.63, 3.8) is 0 Å². The number of carbonyl (C=O) groups excluding carboxylic acids is 1. The maximum atomic E-state index is 12.2. The highest BCUT2D eigenvalue weighted by atomic mass is 16.5. The Hall–Kier alpha value is -1.88. The van der Waals surface area contributed by atoms with Crippen LogP contribution in [0.15, 0.2) is 35.3 Å². The number of rotatable bonds is 2. The molecule has 0 saturated carbocycles. The van der Waals surface area contributed by atoms with Crippen LogP contribution < -0.4 is 5.73 Å². The van der Waals surface area contributed by atoms with Crippen molar-refractivity contribution in [3.05, 3.63) is 35.9 Å². The molecule has 3 rings (SSSR count). The number of benzene rings is 1. The molecule has 1 aromatic rings. The standard InChI is InChI=1S/C15H19N3O2/c1-14(2)15(8-9-20-14)12(16)17-13(19)18(15)10-11-6-4-3-5-7-11/h3-7H,8-10H2,1-2H3,(H2,16,17,19). The molecule has 2 heterocycles. The van der Waals surface area contributed by atoms with Crippen LogP contribution in [0.25, 0.3) is 0 Å². The first-order chi connectivity index (χ1) is 9.47. The van der Waals surface area contributed by atoms with Gasteiger partial charge >= 0.3 is 6.03 Å². The Labute approximate surface area is 118 Å². The Balaban J connectivity index is 1.99. The lowest BCUT2D eigenvalue weighted by Gasteiger charge is -2.43. The first kappa shape index (κ1) is 13.1. The lowest BCUT2D eigenvalue weighted by molar-refractivity contribution is -0.0192. The van der Waals surface area contributed by atoms with Crippen molar-refractivity contribution in [2.75, 3.05) is 6.61 Å². The Morgan fingerprint density at radius 1 is 1.35 bits per heavy atom. The van der Waals surface area contributed by atoms with E-state index < -0.39 is 11.1 Å². The molecule has 20 heavy (non-hydrogen) atoms. The molecular weight excluding hydrogens is 254 g/mol. The summed E-state index contributed by atoms with van der Waals surface area (Å²) in [5, 5.41) is 0. The maximum Gasteiger partial charge on any atom is 0.346 e. The van der Waals surface area contributed by atoms with Crippen molar-refractivity contribution >= 4 is 11.9 Å². The van der Waals surface area contributed by atoms with Crippen LogP contribution in [-0.4, -0.2) is 34.5 Å². The van der Waals surface area contributed by atoms with Gasteiger partial charge in [0.25, 0.3) is 0 Å². The summed E-state index contributed by atoms with van der Waals surface area (Å²) in [4.78, 5) is 18.0. The van der Waals surface area contributed by atoms with Crippen molar-refractivity contribution in [1.29, 1.82) is 0 Å². The number of aliphatic imine (C=N–C) groups is 1. The topological polar surface area (TPSA) is 67.9 Å². The Kier molecular flexibility index (Phi) is 2.83. The number of urea groups is 1. The zero-order valence-electron chi connectivity index (χ0n) is 11.8. The highest BCUT2D eigenvalue weighted by Gasteiger charge is 2.61. The zero-order chi connectivity index (χ0) is 14.4. The lowest BCUT2D eigenvalue weighted by atomic mass is 9.79. The third kappa shape index (κ3) is 1.66. The van der Waals surface area contributed by atoms with Crippen molar-refractivity contribution < 1.29 is 9.53 Å². The van der Waals surface area contributed by atoms with Crippen LogP contribution in [0.4, 0.5) is 4.79 Å². The van der Waals surface area contributed by atoms with Crippen molar-refractivity contribution in [2.24, 2.45) is 10.7 Å². The number of carbonyl (C=O) groups is 1. The van der Waals surface area contributed by atoms with Crippen molar-refractivity contribution in [1.82, 2.24) is 4.90 Å². The first-order valence-corrected chi connectivity index (χ1v) is 6.81. The second-order valence-electron chi connectivity index (χ2n) is 5.82. The van der Waals surface area contributed by atoms with E-state index in [0.717, 1.165) is 5.56 Å². The van der Waals surface area contributed by atoms with Crippen molar-refractivity contribution in [3.8, 4) is 0 Å². The highest BCUT2D eigenvalue weighted by Crippen LogP contribution is 2.44. The third-order valence-corrected chi connectivity index (χ3v) is 4.44. The van der Waals surface area contributed by atoms with Crippen molar-refractivity contribution in [2.45, 2.75) is 38.0 Å². The van der Waals surface area contributed by atoms with Crippen LogP contribution in [0.1, 0.15) is 25.8 Å². The number of nitrogens with zero attached hydrogens (tertiary/aromatic N) is 2. The summed E-state index contributed by atoms with van der Waals surface area (Å²) < 4.78 is 5.81. The second-order valence-corrected chi connectivity index (χ2v) is 5.82. The average Bonchev–Trinajstić information content (AvgIpc) is 2.84. The fourth-order valence-electron chi connectivity index (χ4n) is 3.30. The molecule has 2 N–H and O–H groups in total. The van der Waals surface area contributed by atoms with Crippen LogP contribution >= 0.6 is 0 Å². The monoisotopic (exact) mass is 273 g/mol. The van der Waals surface area contributed by atoms with Crippen LogP contribution in [0.2, 0.25) is 0 Å². The number of nitrogens with two attached hydrogens (primary N) is 1. The van der Waals surface area contributed by atoms with E-state index in [1.807, 2.05) is 44.2 Å². The molecule has 1 unspecified atom stereocenters. The smallest absolute Gasteiger partial charge is 0.346 e. The van der Waals surface area contributed by atoms with Gasteiger partial charge in [0.1, 0.15) is 11.4 Å². The minimum Gasteiger partial charge on any atom is -0.385 e. The average molecular weight is 273 g/mol. The third-order valence-electron chi connectivity index (χ3n) is 4.44. The molecule has 1 atom stereocenters. The minimum absolute atomic E-state index is 0.273. The molecule has 2 aliphatic heterocycles. The summed E-state index contributed by atoms with van der Waals surface area (Å²) in [5.41, 5.74) is 6.00. The van der Waals surface area contributed by atoms with Gasteiger partial charge < -0.3 is 15.4 Å². The summed E-state index contributed by atoms with van der Waals surface area (Å²) in [7, 11) is 0. The Morgan fingerprint density at radius 3 is 2.65 bits per heavy atom. The van der Waals surface area contributed by atoms with E-state index in [-0.39, 0.29) is 6.03 Å². The largest absolute Gasteiger partial charge is 0.385 e. The number of amides is 2.